The molecule has 3 saturated carbocycles. The Kier molecular flexibility index (Phi) is 2.37. The summed E-state index contributed by atoms with van der Waals surface area (Å²) in [4.78, 5) is 0. The van der Waals surface area contributed by atoms with E-state index in [0.29, 0.717) is 0 Å². The molecule has 0 aromatic rings. The number of hydrogen-bond acceptors (Lipinski definition) is 0. The van der Waals surface area contributed by atoms with Crippen molar-refractivity contribution in [2.24, 2.45) is 29.1 Å². The maximum absolute atomic E-state index is 2.43. The van der Waals surface area contributed by atoms with Crippen molar-refractivity contribution < 1.29 is 0 Å². The molecule has 0 heteroatoms. The lowest BCUT2D eigenvalue weighted by Crippen LogP contribution is -2.24. The van der Waals surface area contributed by atoms with Gasteiger partial charge in [-0.1, -0.05) is 33.1 Å². The molecule has 0 aromatic carbocycles. The minimum absolute atomic E-state index is 0.906. The first kappa shape index (κ1) is 10.2. The van der Waals surface area contributed by atoms with Gasteiger partial charge >= 0.3 is 0 Å². The van der Waals surface area contributed by atoms with E-state index in [1.807, 2.05) is 0 Å². The van der Waals surface area contributed by atoms with Gasteiger partial charge in [0.05, 0.1) is 0 Å². The molecule has 0 radical (unpaired) electrons. The zero-order chi connectivity index (χ0) is 10.5. The maximum atomic E-state index is 2.43. The molecule has 0 amide bonds. The Morgan fingerprint density at radius 2 is 1.80 bits per heavy atom. The van der Waals surface area contributed by atoms with Gasteiger partial charge in [-0.3, -0.25) is 0 Å². The zero-order valence-electron chi connectivity index (χ0n) is 10.5. The summed E-state index contributed by atoms with van der Waals surface area (Å²) in [5, 5.41) is 0. The third-order valence-electron chi connectivity index (χ3n) is 5.71. The summed E-state index contributed by atoms with van der Waals surface area (Å²) in [6, 6.07) is 0. The Bertz CT molecular complexity index is 234. The topological polar surface area (TPSA) is 0 Å². The van der Waals surface area contributed by atoms with Crippen LogP contribution in [0.1, 0.15) is 65.2 Å². The van der Waals surface area contributed by atoms with Gasteiger partial charge in [0.1, 0.15) is 0 Å². The van der Waals surface area contributed by atoms with Gasteiger partial charge in [-0.15, -0.1) is 0 Å². The lowest BCUT2D eigenvalue weighted by molar-refractivity contribution is 0.157. The largest absolute Gasteiger partial charge is 0.0651 e. The van der Waals surface area contributed by atoms with Gasteiger partial charge in [0.25, 0.3) is 0 Å². The summed E-state index contributed by atoms with van der Waals surface area (Å²) in [7, 11) is 0. The Morgan fingerprint density at radius 1 is 1.07 bits per heavy atom. The Morgan fingerprint density at radius 3 is 2.40 bits per heavy atom. The van der Waals surface area contributed by atoms with Crippen molar-refractivity contribution in [1.29, 1.82) is 0 Å². The van der Waals surface area contributed by atoms with Crippen LogP contribution in [0.5, 0.6) is 0 Å². The molecule has 3 rings (SSSR count). The van der Waals surface area contributed by atoms with E-state index in [-0.39, 0.29) is 0 Å². The fraction of sp³-hybridized carbons (Fsp3) is 1.00. The van der Waals surface area contributed by atoms with Crippen molar-refractivity contribution in [3.8, 4) is 0 Å². The van der Waals surface area contributed by atoms with Gasteiger partial charge in [-0.05, 0) is 61.2 Å². The Balaban J connectivity index is 1.44. The van der Waals surface area contributed by atoms with Crippen molar-refractivity contribution >= 4 is 0 Å². The van der Waals surface area contributed by atoms with E-state index in [4.69, 9.17) is 0 Å². The van der Waals surface area contributed by atoms with E-state index in [0.717, 1.165) is 29.1 Å². The highest BCUT2D eigenvalue weighted by atomic mass is 14.6. The van der Waals surface area contributed by atoms with Crippen molar-refractivity contribution in [2.75, 3.05) is 0 Å². The average molecular weight is 206 g/mol. The molecule has 0 saturated heterocycles. The number of rotatable bonds is 3. The van der Waals surface area contributed by atoms with Crippen LogP contribution < -0.4 is 0 Å². The average Bonchev–Trinajstić information content (AvgIpc) is 2.69. The molecular weight excluding hydrogens is 180 g/mol. The predicted octanol–water partition coefficient (Wildman–Crippen LogP) is 4.64. The zero-order valence-corrected chi connectivity index (χ0v) is 10.5. The molecule has 0 aromatic heterocycles. The molecule has 0 heterocycles. The van der Waals surface area contributed by atoms with Crippen LogP contribution in [0.4, 0.5) is 0 Å². The summed E-state index contributed by atoms with van der Waals surface area (Å²) in [5.74, 6) is 4.43. The summed E-state index contributed by atoms with van der Waals surface area (Å²) in [5.41, 5.74) is 0.906. The quantitative estimate of drug-likeness (QED) is 0.631. The van der Waals surface area contributed by atoms with Crippen molar-refractivity contribution in [2.45, 2.75) is 65.2 Å². The minimum Gasteiger partial charge on any atom is -0.0651 e. The SMILES string of the molecule is CCC1CCC(CC2CC23CC(C)C3)C1. The first-order chi connectivity index (χ1) is 7.22. The maximum Gasteiger partial charge on any atom is -0.0261 e. The van der Waals surface area contributed by atoms with E-state index >= 15 is 0 Å². The second-order valence-corrected chi connectivity index (χ2v) is 6.97. The van der Waals surface area contributed by atoms with Gasteiger partial charge in [0.15, 0.2) is 0 Å². The summed E-state index contributed by atoms with van der Waals surface area (Å²) in [6.07, 6.45) is 12.4. The molecular formula is C15H26. The van der Waals surface area contributed by atoms with Gasteiger partial charge in [0, 0.05) is 0 Å². The van der Waals surface area contributed by atoms with E-state index in [2.05, 4.69) is 13.8 Å². The fourth-order valence-electron chi connectivity index (χ4n) is 4.76. The summed E-state index contributed by atoms with van der Waals surface area (Å²) < 4.78 is 0. The first-order valence-electron chi connectivity index (χ1n) is 7.22. The molecule has 0 nitrogen and oxygen atoms in total. The van der Waals surface area contributed by atoms with Crippen LogP contribution in [0.25, 0.3) is 0 Å². The highest BCUT2D eigenvalue weighted by Crippen LogP contribution is 2.69. The lowest BCUT2D eigenvalue weighted by Gasteiger charge is -2.35. The molecule has 3 fully saturated rings. The monoisotopic (exact) mass is 206 g/mol. The summed E-state index contributed by atoms with van der Waals surface area (Å²) >= 11 is 0. The second kappa shape index (κ2) is 3.50. The van der Waals surface area contributed by atoms with Crippen LogP contribution in [0.2, 0.25) is 0 Å². The molecule has 3 aliphatic rings. The number of hydrogen-bond donors (Lipinski definition) is 0. The fourth-order valence-corrected chi connectivity index (χ4v) is 4.76. The molecule has 3 unspecified atom stereocenters. The molecule has 86 valence electrons. The summed E-state index contributed by atoms with van der Waals surface area (Å²) in [6.45, 7) is 4.81. The third-order valence-corrected chi connectivity index (χ3v) is 5.71. The van der Waals surface area contributed by atoms with Gasteiger partial charge < -0.3 is 0 Å². The van der Waals surface area contributed by atoms with Crippen LogP contribution in [0.15, 0.2) is 0 Å². The van der Waals surface area contributed by atoms with E-state index < -0.39 is 0 Å². The van der Waals surface area contributed by atoms with E-state index in [1.54, 1.807) is 38.5 Å². The van der Waals surface area contributed by atoms with Crippen LogP contribution in [-0.4, -0.2) is 0 Å². The molecule has 0 N–H and O–H groups in total. The van der Waals surface area contributed by atoms with Gasteiger partial charge in [-0.2, -0.15) is 0 Å². The molecule has 1 spiro atoms. The van der Waals surface area contributed by atoms with Crippen molar-refractivity contribution in [3.05, 3.63) is 0 Å². The van der Waals surface area contributed by atoms with Crippen LogP contribution in [0, 0.1) is 29.1 Å². The highest BCUT2D eigenvalue weighted by molar-refractivity contribution is 5.09. The van der Waals surface area contributed by atoms with Crippen LogP contribution in [0.3, 0.4) is 0 Å². The van der Waals surface area contributed by atoms with E-state index in [9.17, 15) is 0 Å². The van der Waals surface area contributed by atoms with Gasteiger partial charge in [-0.25, -0.2) is 0 Å². The van der Waals surface area contributed by atoms with Crippen LogP contribution in [-0.2, 0) is 0 Å². The van der Waals surface area contributed by atoms with Gasteiger partial charge in [0.2, 0.25) is 0 Å². The van der Waals surface area contributed by atoms with Crippen molar-refractivity contribution in [1.82, 2.24) is 0 Å². The third kappa shape index (κ3) is 1.74. The first-order valence-corrected chi connectivity index (χ1v) is 7.22. The second-order valence-electron chi connectivity index (χ2n) is 6.97. The van der Waals surface area contributed by atoms with Crippen LogP contribution >= 0.6 is 0 Å². The smallest absolute Gasteiger partial charge is 0.0261 e. The predicted molar refractivity (Wildman–Crippen MR) is 64.7 cm³/mol. The lowest BCUT2D eigenvalue weighted by atomic mass is 9.70. The highest BCUT2D eigenvalue weighted by Gasteiger charge is 2.59. The Hall–Kier alpha value is 0. The Labute approximate surface area is 94.8 Å². The minimum atomic E-state index is 0.906. The molecule has 3 atom stereocenters. The van der Waals surface area contributed by atoms with E-state index in [1.165, 1.54) is 12.8 Å². The normalized spacial score (nSPS) is 53.2. The molecule has 3 aliphatic carbocycles. The standard InChI is InChI=1S/C15H26/c1-3-12-4-5-13(6-12)7-14-10-15(14)8-11(2)9-15/h11-14H,3-10H2,1-2H3. The van der Waals surface area contributed by atoms with Crippen molar-refractivity contribution in [3.63, 3.8) is 0 Å². The molecule has 0 aliphatic heterocycles. The molecule has 0 bridgehead atoms. The molecule has 15 heavy (non-hydrogen) atoms.